The van der Waals surface area contributed by atoms with Crippen LogP contribution >= 0.6 is 27.3 Å². The number of hydrogen-bond acceptors (Lipinski definition) is 3. The zero-order valence-corrected chi connectivity index (χ0v) is 12.9. The minimum atomic E-state index is -0.0143. The second-order valence-electron chi connectivity index (χ2n) is 4.64. The van der Waals surface area contributed by atoms with Crippen molar-refractivity contribution in [2.24, 2.45) is 0 Å². The maximum Gasteiger partial charge on any atom is 0.0873 e. The molecule has 1 N–H and O–H groups in total. The lowest BCUT2D eigenvalue weighted by Gasteiger charge is -2.37. The van der Waals surface area contributed by atoms with E-state index >= 15 is 0 Å². The lowest BCUT2D eigenvalue weighted by molar-refractivity contribution is -0.0364. The summed E-state index contributed by atoms with van der Waals surface area (Å²) in [6.07, 6.45) is 4.86. The van der Waals surface area contributed by atoms with E-state index in [4.69, 9.17) is 4.74 Å². The normalized spacial score (nSPS) is 20.6. The second-order valence-corrected chi connectivity index (χ2v) is 6.24. The zero-order valence-electron chi connectivity index (χ0n) is 10.5. The fourth-order valence-electron chi connectivity index (χ4n) is 2.86. The van der Waals surface area contributed by atoms with E-state index in [1.54, 1.807) is 11.3 Å². The van der Waals surface area contributed by atoms with Crippen LogP contribution in [0.1, 0.15) is 44.2 Å². The molecule has 1 unspecified atom stereocenters. The molecule has 1 fully saturated rings. The predicted octanol–water partition coefficient (Wildman–Crippen LogP) is 4.12. The molecule has 0 radical (unpaired) electrons. The fourth-order valence-corrected chi connectivity index (χ4v) is 4.42. The average molecular weight is 318 g/mol. The third-order valence-electron chi connectivity index (χ3n) is 3.74. The molecule has 1 aliphatic carbocycles. The SMILES string of the molecule is CCNC(c1cscc1Br)C1(OC)CCCC1. The van der Waals surface area contributed by atoms with Crippen LogP contribution in [0.4, 0.5) is 0 Å². The minimum Gasteiger partial charge on any atom is -0.376 e. The maximum absolute atomic E-state index is 5.91. The van der Waals surface area contributed by atoms with Gasteiger partial charge in [-0.2, -0.15) is 11.3 Å². The second kappa shape index (κ2) is 5.83. The van der Waals surface area contributed by atoms with Gasteiger partial charge in [-0.05, 0) is 46.3 Å². The van der Waals surface area contributed by atoms with Crippen molar-refractivity contribution in [2.45, 2.75) is 44.2 Å². The molecule has 1 aliphatic rings. The minimum absolute atomic E-state index is 0.0143. The number of hydrogen-bond donors (Lipinski definition) is 1. The Hall–Kier alpha value is 0.1000. The highest BCUT2D eigenvalue weighted by molar-refractivity contribution is 9.10. The molecule has 1 saturated carbocycles. The Morgan fingerprint density at radius 3 is 2.65 bits per heavy atom. The summed E-state index contributed by atoms with van der Waals surface area (Å²) >= 11 is 5.40. The Morgan fingerprint density at radius 2 is 2.18 bits per heavy atom. The Kier molecular flexibility index (Phi) is 4.64. The number of halogens is 1. The molecule has 17 heavy (non-hydrogen) atoms. The first-order chi connectivity index (χ1) is 8.23. The Labute approximate surface area is 116 Å². The summed E-state index contributed by atoms with van der Waals surface area (Å²) in [4.78, 5) is 0. The lowest BCUT2D eigenvalue weighted by atomic mass is 9.88. The molecule has 0 bridgehead atoms. The molecular weight excluding hydrogens is 298 g/mol. The summed E-state index contributed by atoms with van der Waals surface area (Å²) in [6.45, 7) is 3.13. The highest BCUT2D eigenvalue weighted by Crippen LogP contribution is 2.44. The maximum atomic E-state index is 5.91. The molecule has 0 aromatic carbocycles. The molecule has 0 spiro atoms. The molecule has 0 aliphatic heterocycles. The summed E-state index contributed by atoms with van der Waals surface area (Å²) in [7, 11) is 1.86. The molecule has 0 amide bonds. The van der Waals surface area contributed by atoms with Crippen LogP contribution in [-0.4, -0.2) is 19.3 Å². The Morgan fingerprint density at radius 1 is 1.47 bits per heavy atom. The predicted molar refractivity (Wildman–Crippen MR) is 76.6 cm³/mol. The quantitative estimate of drug-likeness (QED) is 0.882. The van der Waals surface area contributed by atoms with Crippen LogP contribution in [0.15, 0.2) is 15.2 Å². The number of rotatable bonds is 5. The largest absolute Gasteiger partial charge is 0.376 e. The summed E-state index contributed by atoms with van der Waals surface area (Å²) in [5, 5.41) is 7.99. The molecule has 2 rings (SSSR count). The van der Waals surface area contributed by atoms with Gasteiger partial charge in [0.2, 0.25) is 0 Å². The van der Waals surface area contributed by atoms with Crippen LogP contribution < -0.4 is 5.32 Å². The van der Waals surface area contributed by atoms with E-state index < -0.39 is 0 Å². The first-order valence-electron chi connectivity index (χ1n) is 6.23. The topological polar surface area (TPSA) is 21.3 Å². The van der Waals surface area contributed by atoms with Crippen molar-refractivity contribution in [1.82, 2.24) is 5.32 Å². The van der Waals surface area contributed by atoms with Crippen LogP contribution in [0.3, 0.4) is 0 Å². The van der Waals surface area contributed by atoms with Crippen molar-refractivity contribution in [3.8, 4) is 0 Å². The fraction of sp³-hybridized carbons (Fsp3) is 0.692. The molecule has 96 valence electrons. The van der Waals surface area contributed by atoms with Crippen molar-refractivity contribution in [3.05, 3.63) is 20.8 Å². The van der Waals surface area contributed by atoms with Crippen LogP contribution in [0, 0.1) is 0 Å². The lowest BCUT2D eigenvalue weighted by Crippen LogP contribution is -2.43. The molecule has 4 heteroatoms. The average Bonchev–Trinajstić information content (AvgIpc) is 2.96. The van der Waals surface area contributed by atoms with E-state index in [0.29, 0.717) is 6.04 Å². The van der Waals surface area contributed by atoms with Crippen LogP contribution in [0.25, 0.3) is 0 Å². The van der Waals surface area contributed by atoms with Gasteiger partial charge in [-0.25, -0.2) is 0 Å². The molecule has 0 saturated heterocycles. The van der Waals surface area contributed by atoms with Gasteiger partial charge in [-0.1, -0.05) is 19.8 Å². The molecular formula is C13H20BrNOS. The van der Waals surface area contributed by atoms with Crippen LogP contribution in [0.2, 0.25) is 0 Å². The van der Waals surface area contributed by atoms with Crippen molar-refractivity contribution in [1.29, 1.82) is 0 Å². The molecule has 1 atom stereocenters. The summed E-state index contributed by atoms with van der Waals surface area (Å²) in [6, 6.07) is 0.306. The van der Waals surface area contributed by atoms with Gasteiger partial charge in [0.25, 0.3) is 0 Å². The third kappa shape index (κ3) is 2.60. The Balaban J connectivity index is 2.31. The van der Waals surface area contributed by atoms with Gasteiger partial charge in [0.05, 0.1) is 11.6 Å². The van der Waals surface area contributed by atoms with Crippen molar-refractivity contribution in [3.63, 3.8) is 0 Å². The number of methoxy groups -OCH3 is 1. The van der Waals surface area contributed by atoms with Gasteiger partial charge < -0.3 is 10.1 Å². The van der Waals surface area contributed by atoms with Crippen LogP contribution in [-0.2, 0) is 4.74 Å². The molecule has 2 nitrogen and oxygen atoms in total. The molecule has 1 aromatic heterocycles. The zero-order chi connectivity index (χ0) is 12.3. The standard InChI is InChI=1S/C13H20BrNOS/c1-3-15-12(10-8-17-9-11(10)14)13(16-2)6-4-5-7-13/h8-9,12,15H,3-7H2,1-2H3. The van der Waals surface area contributed by atoms with Crippen molar-refractivity contribution >= 4 is 27.3 Å². The van der Waals surface area contributed by atoms with Crippen molar-refractivity contribution < 1.29 is 4.74 Å². The van der Waals surface area contributed by atoms with Crippen molar-refractivity contribution in [2.75, 3.05) is 13.7 Å². The van der Waals surface area contributed by atoms with Gasteiger partial charge in [-0.15, -0.1) is 0 Å². The number of ether oxygens (including phenoxy) is 1. The molecule has 1 heterocycles. The van der Waals surface area contributed by atoms with Gasteiger partial charge >= 0.3 is 0 Å². The first-order valence-corrected chi connectivity index (χ1v) is 7.97. The monoisotopic (exact) mass is 317 g/mol. The van der Waals surface area contributed by atoms with Gasteiger partial charge in [0.15, 0.2) is 0 Å². The van der Waals surface area contributed by atoms with Gasteiger partial charge in [0.1, 0.15) is 0 Å². The number of likely N-dealkylation sites (N-methyl/N-ethyl adjacent to an activating group) is 1. The summed E-state index contributed by atoms with van der Waals surface area (Å²) in [5.74, 6) is 0. The first kappa shape index (κ1) is 13.5. The van der Waals surface area contributed by atoms with E-state index in [2.05, 4.69) is 38.9 Å². The highest BCUT2D eigenvalue weighted by Gasteiger charge is 2.42. The van der Waals surface area contributed by atoms with E-state index in [9.17, 15) is 0 Å². The highest BCUT2D eigenvalue weighted by atomic mass is 79.9. The van der Waals surface area contributed by atoms with E-state index in [-0.39, 0.29) is 5.60 Å². The number of nitrogens with one attached hydrogen (secondary N) is 1. The summed E-state index contributed by atoms with van der Waals surface area (Å²) in [5.41, 5.74) is 1.33. The number of thiophene rings is 1. The Bertz CT molecular complexity index is 360. The van der Waals surface area contributed by atoms with Gasteiger partial charge in [-0.3, -0.25) is 0 Å². The summed E-state index contributed by atoms with van der Waals surface area (Å²) < 4.78 is 7.12. The van der Waals surface area contributed by atoms with E-state index in [1.807, 2.05) is 7.11 Å². The van der Waals surface area contributed by atoms with E-state index in [0.717, 1.165) is 19.4 Å². The van der Waals surface area contributed by atoms with E-state index in [1.165, 1.54) is 22.9 Å². The van der Waals surface area contributed by atoms with Gasteiger partial charge in [0, 0.05) is 17.0 Å². The molecule has 1 aromatic rings. The van der Waals surface area contributed by atoms with Crippen LogP contribution in [0.5, 0.6) is 0 Å². The third-order valence-corrected chi connectivity index (χ3v) is 5.50. The smallest absolute Gasteiger partial charge is 0.0873 e.